The molecule has 0 N–H and O–H groups in total. The van der Waals surface area contributed by atoms with Crippen molar-refractivity contribution in [3.63, 3.8) is 0 Å². The average molecular weight is 367 g/mol. The van der Waals surface area contributed by atoms with Crippen molar-refractivity contribution >= 4 is 22.6 Å². The predicted octanol–water partition coefficient (Wildman–Crippen LogP) is 2.49. The minimum atomic E-state index is -0.677. The summed E-state index contributed by atoms with van der Waals surface area (Å²) in [5, 5.41) is 6.28. The molecule has 0 atom stereocenters. The Morgan fingerprint density at radius 2 is 2.00 bits per heavy atom. The van der Waals surface area contributed by atoms with Gasteiger partial charge in [0.15, 0.2) is 11.0 Å². The Kier molecular flexibility index (Phi) is 4.91. The van der Waals surface area contributed by atoms with Crippen LogP contribution in [0.15, 0.2) is 10.7 Å². The van der Waals surface area contributed by atoms with E-state index in [0.717, 1.165) is 10.0 Å². The van der Waals surface area contributed by atoms with Gasteiger partial charge in [0.2, 0.25) is 0 Å². The number of hydroxylamine groups is 2. The lowest BCUT2D eigenvalue weighted by Gasteiger charge is -2.33. The fraction of sp³-hybridized carbons (Fsp3) is 0.600. The smallest absolute Gasteiger partial charge is 0.427 e. The zero-order chi connectivity index (χ0) is 18.0. The Hall–Kier alpha value is -2.20. The normalized spacial score (nSPS) is 16.1. The van der Waals surface area contributed by atoms with Crippen LogP contribution in [0.1, 0.15) is 26.6 Å². The summed E-state index contributed by atoms with van der Waals surface area (Å²) >= 11 is 1.50. The van der Waals surface area contributed by atoms with Crippen LogP contribution in [0.25, 0.3) is 10.8 Å². The number of aromatic nitrogens is 3. The van der Waals surface area contributed by atoms with E-state index in [-0.39, 0.29) is 0 Å². The predicted molar refractivity (Wildman–Crippen MR) is 91.2 cm³/mol. The van der Waals surface area contributed by atoms with Crippen molar-refractivity contribution in [2.45, 2.75) is 33.3 Å². The molecular weight excluding hydrogens is 346 g/mol. The van der Waals surface area contributed by atoms with Crippen LogP contribution in [0.2, 0.25) is 0 Å². The van der Waals surface area contributed by atoms with Crippen LogP contribution < -0.4 is 4.90 Å². The standard InChI is InChI=1S/C15H21N5O4S/c1-10-17-12(23-18-10)11-9-16-13(25-11)19-5-7-20(8-6-19)24-14(21)22-15(2,3)4/h9H,5-8H2,1-4H3. The number of nitrogens with zero attached hydrogens (tertiary/aromatic N) is 5. The van der Waals surface area contributed by atoms with Gasteiger partial charge in [-0.3, -0.25) is 0 Å². The van der Waals surface area contributed by atoms with E-state index in [9.17, 15) is 4.79 Å². The first-order chi connectivity index (χ1) is 11.8. The van der Waals surface area contributed by atoms with Crippen LogP contribution in [0.3, 0.4) is 0 Å². The lowest BCUT2D eigenvalue weighted by molar-refractivity contribution is -0.144. The van der Waals surface area contributed by atoms with Crippen molar-refractivity contribution < 1.29 is 18.9 Å². The third-order valence-electron chi connectivity index (χ3n) is 3.33. The van der Waals surface area contributed by atoms with Gasteiger partial charge in [0.25, 0.3) is 5.89 Å². The van der Waals surface area contributed by atoms with E-state index in [4.69, 9.17) is 14.1 Å². The average Bonchev–Trinajstić information content (AvgIpc) is 3.15. The Bertz CT molecular complexity index is 730. The van der Waals surface area contributed by atoms with E-state index in [1.54, 1.807) is 39.0 Å². The highest BCUT2D eigenvalue weighted by Crippen LogP contribution is 2.30. The van der Waals surface area contributed by atoms with E-state index in [0.29, 0.717) is 37.9 Å². The Morgan fingerprint density at radius 1 is 1.28 bits per heavy atom. The number of piperazine rings is 1. The molecule has 10 heteroatoms. The molecule has 2 aromatic rings. The number of hydrogen-bond donors (Lipinski definition) is 0. The molecule has 1 fully saturated rings. The van der Waals surface area contributed by atoms with Gasteiger partial charge < -0.3 is 19.0 Å². The van der Waals surface area contributed by atoms with Crippen molar-refractivity contribution in [1.82, 2.24) is 20.2 Å². The van der Waals surface area contributed by atoms with Crippen LogP contribution in [-0.2, 0) is 9.57 Å². The number of carbonyl (C=O) groups excluding carboxylic acids is 1. The molecular formula is C15H21N5O4S. The van der Waals surface area contributed by atoms with Crippen LogP contribution in [0, 0.1) is 6.92 Å². The molecule has 3 rings (SSSR count). The molecule has 0 aliphatic carbocycles. The number of ether oxygens (including phenoxy) is 1. The number of anilines is 1. The van der Waals surface area contributed by atoms with Crippen molar-refractivity contribution in [3.05, 3.63) is 12.0 Å². The SMILES string of the molecule is Cc1noc(-c2cnc(N3CCN(OC(=O)OC(C)(C)C)CC3)s2)n1. The molecule has 0 saturated carbocycles. The van der Waals surface area contributed by atoms with Gasteiger partial charge >= 0.3 is 6.16 Å². The fourth-order valence-electron chi connectivity index (χ4n) is 2.25. The first-order valence-electron chi connectivity index (χ1n) is 7.97. The highest BCUT2D eigenvalue weighted by atomic mass is 32.1. The minimum absolute atomic E-state index is 0.480. The van der Waals surface area contributed by atoms with E-state index in [1.807, 2.05) is 0 Å². The van der Waals surface area contributed by atoms with Crippen molar-refractivity contribution in [2.75, 3.05) is 31.1 Å². The highest BCUT2D eigenvalue weighted by Gasteiger charge is 2.25. The molecule has 136 valence electrons. The molecule has 1 aliphatic heterocycles. The quantitative estimate of drug-likeness (QED) is 0.758. The van der Waals surface area contributed by atoms with Crippen LogP contribution in [-0.4, -0.2) is 58.1 Å². The van der Waals surface area contributed by atoms with Gasteiger partial charge in [-0.05, 0) is 27.7 Å². The van der Waals surface area contributed by atoms with E-state index in [2.05, 4.69) is 20.0 Å². The third kappa shape index (κ3) is 4.67. The molecule has 1 aliphatic rings. The lowest BCUT2D eigenvalue weighted by Crippen LogP contribution is -2.47. The largest absolute Gasteiger partial charge is 0.528 e. The number of carbonyl (C=O) groups is 1. The maximum Gasteiger partial charge on any atom is 0.528 e. The lowest BCUT2D eigenvalue weighted by atomic mass is 10.2. The molecule has 0 amide bonds. The summed E-state index contributed by atoms with van der Waals surface area (Å²) in [7, 11) is 0. The molecule has 0 radical (unpaired) electrons. The Labute approximate surface area is 149 Å². The van der Waals surface area contributed by atoms with Gasteiger partial charge in [-0.1, -0.05) is 16.5 Å². The van der Waals surface area contributed by atoms with Crippen molar-refractivity contribution in [2.24, 2.45) is 0 Å². The van der Waals surface area contributed by atoms with E-state index < -0.39 is 11.8 Å². The van der Waals surface area contributed by atoms with E-state index >= 15 is 0 Å². The zero-order valence-electron chi connectivity index (χ0n) is 14.7. The van der Waals surface area contributed by atoms with Crippen molar-refractivity contribution in [3.8, 4) is 10.8 Å². The molecule has 0 spiro atoms. The molecule has 0 aromatic carbocycles. The van der Waals surface area contributed by atoms with Crippen LogP contribution in [0.4, 0.5) is 9.93 Å². The Balaban J connectivity index is 1.53. The second-order valence-electron chi connectivity index (χ2n) is 6.63. The second-order valence-corrected chi connectivity index (χ2v) is 7.63. The number of thiazole rings is 1. The van der Waals surface area contributed by atoms with Crippen molar-refractivity contribution in [1.29, 1.82) is 0 Å². The third-order valence-corrected chi connectivity index (χ3v) is 4.38. The van der Waals surface area contributed by atoms with Gasteiger partial charge in [-0.25, -0.2) is 9.78 Å². The monoisotopic (exact) mass is 367 g/mol. The summed E-state index contributed by atoms with van der Waals surface area (Å²) in [6.45, 7) is 9.73. The highest BCUT2D eigenvalue weighted by molar-refractivity contribution is 7.18. The number of hydrogen-bond acceptors (Lipinski definition) is 10. The minimum Gasteiger partial charge on any atom is -0.427 e. The molecule has 3 heterocycles. The molecule has 9 nitrogen and oxygen atoms in total. The molecule has 25 heavy (non-hydrogen) atoms. The summed E-state index contributed by atoms with van der Waals surface area (Å²) in [6.07, 6.45) is 1.06. The van der Waals surface area contributed by atoms with Crippen LogP contribution >= 0.6 is 11.3 Å². The van der Waals surface area contributed by atoms with Crippen LogP contribution in [0.5, 0.6) is 0 Å². The molecule has 0 unspecified atom stereocenters. The fourth-order valence-corrected chi connectivity index (χ4v) is 3.14. The maximum atomic E-state index is 11.7. The zero-order valence-corrected chi connectivity index (χ0v) is 15.5. The number of aryl methyl sites for hydroxylation is 1. The summed E-state index contributed by atoms with van der Waals surface area (Å²) < 4.78 is 10.3. The van der Waals surface area contributed by atoms with Gasteiger partial charge in [0.1, 0.15) is 10.5 Å². The van der Waals surface area contributed by atoms with Gasteiger partial charge in [0.05, 0.1) is 19.3 Å². The molecule has 1 saturated heterocycles. The number of rotatable bonds is 3. The summed E-state index contributed by atoms with van der Waals surface area (Å²) in [6, 6.07) is 0. The van der Waals surface area contributed by atoms with Gasteiger partial charge in [0, 0.05) is 13.1 Å². The Morgan fingerprint density at radius 3 is 2.60 bits per heavy atom. The van der Waals surface area contributed by atoms with E-state index in [1.165, 1.54) is 11.3 Å². The first-order valence-corrected chi connectivity index (χ1v) is 8.79. The van der Waals surface area contributed by atoms with Gasteiger partial charge in [-0.15, -0.1) is 5.06 Å². The molecule has 0 bridgehead atoms. The summed E-state index contributed by atoms with van der Waals surface area (Å²) in [5.74, 6) is 1.08. The van der Waals surface area contributed by atoms with Gasteiger partial charge in [-0.2, -0.15) is 4.98 Å². The summed E-state index contributed by atoms with van der Waals surface area (Å²) in [5.41, 5.74) is -0.566. The summed E-state index contributed by atoms with van der Waals surface area (Å²) in [4.78, 5) is 28.5. The second kappa shape index (κ2) is 6.96. The molecule has 2 aromatic heterocycles. The first kappa shape index (κ1) is 17.6. The topological polar surface area (TPSA) is 93.8 Å². The maximum absolute atomic E-state index is 11.7.